The Hall–Kier alpha value is -1.76. The van der Waals surface area contributed by atoms with Crippen molar-refractivity contribution >= 4 is 6.09 Å². The zero-order valence-electron chi connectivity index (χ0n) is 16.9. The van der Waals surface area contributed by atoms with Gasteiger partial charge in [-0.25, -0.2) is 4.79 Å². The fourth-order valence-electron chi connectivity index (χ4n) is 1.27. The van der Waals surface area contributed by atoms with Crippen LogP contribution in [0.5, 0.6) is 0 Å². The molecule has 1 rings (SSSR count). The molecule has 1 aromatic carbocycles. The van der Waals surface area contributed by atoms with Gasteiger partial charge in [0, 0.05) is 7.05 Å². The molecule has 0 heterocycles. The Morgan fingerprint density at radius 2 is 1.36 bits per heavy atom. The summed E-state index contributed by atoms with van der Waals surface area (Å²) in [6.45, 7) is 12.0. The third-order valence-electron chi connectivity index (χ3n) is 2.14. The molecule has 0 fully saturated rings. The summed E-state index contributed by atoms with van der Waals surface area (Å²) in [4.78, 5) is 9.85. The van der Waals surface area contributed by atoms with Crippen molar-refractivity contribution in [1.29, 1.82) is 0 Å². The molecule has 0 aliphatic heterocycles. The van der Waals surface area contributed by atoms with E-state index in [2.05, 4.69) is 15.4 Å². The summed E-state index contributed by atoms with van der Waals surface area (Å²) in [5.74, 6) is 0. The Labute approximate surface area is 151 Å². The quantitative estimate of drug-likeness (QED) is 0.718. The van der Waals surface area contributed by atoms with Crippen molar-refractivity contribution in [3.05, 3.63) is 35.9 Å². The van der Waals surface area contributed by atoms with Crippen LogP contribution >= 0.6 is 0 Å². The SMILES string of the molecule is CC.CC.CC.CNC(=O)OC.CNC(c1ccccc1)C(F)(F)F. The third kappa shape index (κ3) is 18.4. The summed E-state index contributed by atoms with van der Waals surface area (Å²) in [5, 5.41) is 4.49. The van der Waals surface area contributed by atoms with Crippen molar-refractivity contribution < 1.29 is 22.7 Å². The maximum atomic E-state index is 12.3. The molecule has 150 valence electrons. The van der Waals surface area contributed by atoms with E-state index in [9.17, 15) is 18.0 Å². The smallest absolute Gasteiger partial charge is 0.407 e. The lowest BCUT2D eigenvalue weighted by atomic mass is 10.1. The number of halogens is 3. The molecule has 0 aliphatic carbocycles. The van der Waals surface area contributed by atoms with E-state index >= 15 is 0 Å². The summed E-state index contributed by atoms with van der Waals surface area (Å²) < 4.78 is 41.2. The molecule has 1 unspecified atom stereocenters. The number of hydrogen-bond donors (Lipinski definition) is 2. The molecule has 0 bridgehead atoms. The number of rotatable bonds is 2. The molecule has 0 radical (unpaired) electrons. The van der Waals surface area contributed by atoms with Gasteiger partial charge in [0.25, 0.3) is 0 Å². The van der Waals surface area contributed by atoms with Gasteiger partial charge in [0.15, 0.2) is 0 Å². The van der Waals surface area contributed by atoms with Crippen LogP contribution in [0.3, 0.4) is 0 Å². The molecular weight excluding hydrogens is 333 g/mol. The Morgan fingerprint density at radius 3 is 1.56 bits per heavy atom. The summed E-state index contributed by atoms with van der Waals surface area (Å²) in [5.41, 5.74) is 0.234. The van der Waals surface area contributed by atoms with Crippen LogP contribution in [-0.4, -0.2) is 33.5 Å². The summed E-state index contributed by atoms with van der Waals surface area (Å²) in [6.07, 6.45) is -4.65. The predicted octanol–water partition coefficient (Wildman–Crippen LogP) is 5.56. The number of alkyl carbamates (subject to hydrolysis) is 1. The highest BCUT2D eigenvalue weighted by Gasteiger charge is 2.39. The van der Waals surface area contributed by atoms with E-state index in [1.54, 1.807) is 18.2 Å². The Morgan fingerprint density at radius 1 is 0.960 bits per heavy atom. The molecule has 4 nitrogen and oxygen atoms in total. The van der Waals surface area contributed by atoms with E-state index in [-0.39, 0.29) is 5.56 Å². The van der Waals surface area contributed by atoms with Crippen LogP contribution in [-0.2, 0) is 4.74 Å². The number of carbonyl (C=O) groups excluding carboxylic acids is 1. The highest BCUT2D eigenvalue weighted by Crippen LogP contribution is 2.31. The first kappa shape index (κ1) is 31.1. The molecule has 0 spiro atoms. The van der Waals surface area contributed by atoms with Crippen molar-refractivity contribution in [1.82, 2.24) is 10.6 Å². The fourth-order valence-corrected chi connectivity index (χ4v) is 1.27. The second-order valence-corrected chi connectivity index (χ2v) is 3.42. The maximum absolute atomic E-state index is 12.3. The van der Waals surface area contributed by atoms with E-state index in [0.29, 0.717) is 0 Å². The number of methoxy groups -OCH3 is 1. The van der Waals surface area contributed by atoms with Crippen LogP contribution in [0.25, 0.3) is 0 Å². The molecule has 7 heteroatoms. The Kier molecular flexibility index (Phi) is 27.6. The normalized spacial score (nSPS) is 9.76. The first-order valence-electron chi connectivity index (χ1n) is 8.41. The average Bonchev–Trinajstić information content (AvgIpc) is 2.66. The van der Waals surface area contributed by atoms with Gasteiger partial charge in [0.2, 0.25) is 0 Å². The van der Waals surface area contributed by atoms with Gasteiger partial charge < -0.3 is 15.4 Å². The fraction of sp³-hybridized carbons (Fsp3) is 0.611. The summed E-state index contributed by atoms with van der Waals surface area (Å²) >= 11 is 0. The highest BCUT2D eigenvalue weighted by molar-refractivity contribution is 5.66. The predicted molar refractivity (Wildman–Crippen MR) is 99.8 cm³/mol. The molecular formula is C18H35F3N2O2. The van der Waals surface area contributed by atoms with Crippen LogP contribution in [0.2, 0.25) is 0 Å². The van der Waals surface area contributed by atoms with Gasteiger partial charge in [-0.2, -0.15) is 13.2 Å². The van der Waals surface area contributed by atoms with Crippen molar-refractivity contribution in [2.75, 3.05) is 21.2 Å². The lowest BCUT2D eigenvalue weighted by Gasteiger charge is -2.19. The summed E-state index contributed by atoms with van der Waals surface area (Å²) in [6, 6.07) is 6.20. The zero-order valence-corrected chi connectivity index (χ0v) is 16.9. The van der Waals surface area contributed by atoms with Gasteiger partial charge in [0.05, 0.1) is 7.11 Å². The number of benzene rings is 1. The molecule has 1 atom stereocenters. The Bertz CT molecular complexity index is 366. The number of alkyl halides is 3. The van der Waals surface area contributed by atoms with Gasteiger partial charge in [-0.05, 0) is 12.6 Å². The van der Waals surface area contributed by atoms with Crippen molar-refractivity contribution in [2.45, 2.75) is 53.8 Å². The summed E-state index contributed by atoms with van der Waals surface area (Å²) in [7, 11) is 4.12. The number of carbonyl (C=O) groups is 1. The number of ether oxygens (including phenoxy) is 1. The van der Waals surface area contributed by atoms with Gasteiger partial charge in [-0.3, -0.25) is 0 Å². The molecule has 0 aliphatic rings. The first-order chi connectivity index (χ1) is 11.9. The molecule has 1 amide bonds. The van der Waals surface area contributed by atoms with Gasteiger partial charge in [-0.1, -0.05) is 71.9 Å². The topological polar surface area (TPSA) is 50.4 Å². The van der Waals surface area contributed by atoms with E-state index in [1.807, 2.05) is 41.5 Å². The van der Waals surface area contributed by atoms with Crippen LogP contribution < -0.4 is 10.6 Å². The third-order valence-corrected chi connectivity index (χ3v) is 2.14. The second kappa shape index (κ2) is 22.2. The molecule has 25 heavy (non-hydrogen) atoms. The van der Waals surface area contributed by atoms with E-state index in [0.717, 1.165) is 0 Å². The van der Waals surface area contributed by atoms with Crippen molar-refractivity contribution in [3.63, 3.8) is 0 Å². The number of amides is 1. The lowest BCUT2D eigenvalue weighted by Crippen LogP contribution is -2.31. The molecule has 2 N–H and O–H groups in total. The van der Waals surface area contributed by atoms with Crippen molar-refractivity contribution in [2.24, 2.45) is 0 Å². The lowest BCUT2D eigenvalue weighted by molar-refractivity contribution is -0.156. The molecule has 0 aromatic heterocycles. The number of nitrogens with one attached hydrogen (secondary N) is 2. The van der Waals surface area contributed by atoms with E-state index < -0.39 is 18.3 Å². The van der Waals surface area contributed by atoms with E-state index in [4.69, 9.17) is 0 Å². The molecule has 1 aromatic rings. The average molecular weight is 368 g/mol. The minimum Gasteiger partial charge on any atom is -0.453 e. The minimum atomic E-state index is -4.24. The van der Waals surface area contributed by atoms with E-state index in [1.165, 1.54) is 33.3 Å². The van der Waals surface area contributed by atoms with Gasteiger partial charge in [-0.15, -0.1) is 0 Å². The van der Waals surface area contributed by atoms with Crippen LogP contribution in [0, 0.1) is 0 Å². The number of hydrogen-bond acceptors (Lipinski definition) is 3. The van der Waals surface area contributed by atoms with Gasteiger partial charge >= 0.3 is 12.3 Å². The van der Waals surface area contributed by atoms with Gasteiger partial charge in [0.1, 0.15) is 6.04 Å². The first-order valence-corrected chi connectivity index (χ1v) is 8.41. The highest BCUT2D eigenvalue weighted by atomic mass is 19.4. The Balaban J connectivity index is -0.000000155. The second-order valence-electron chi connectivity index (χ2n) is 3.42. The van der Waals surface area contributed by atoms with Crippen LogP contribution in [0.15, 0.2) is 30.3 Å². The monoisotopic (exact) mass is 368 g/mol. The van der Waals surface area contributed by atoms with Crippen LogP contribution in [0.4, 0.5) is 18.0 Å². The van der Waals surface area contributed by atoms with Crippen molar-refractivity contribution in [3.8, 4) is 0 Å². The van der Waals surface area contributed by atoms with Crippen LogP contribution in [0.1, 0.15) is 53.1 Å². The largest absolute Gasteiger partial charge is 0.453 e. The minimum absolute atomic E-state index is 0.234. The maximum Gasteiger partial charge on any atom is 0.407 e. The standard InChI is InChI=1S/C9H10F3N.C3H7NO2.3C2H6/c1-13-8(9(10,11)12)7-5-3-2-4-6-7;1-4-3(5)6-2;3*1-2/h2-6,8,13H,1H3;1-2H3,(H,4,5);3*1-2H3. The molecule has 0 saturated carbocycles. The molecule has 0 saturated heterocycles. The zero-order chi connectivity index (χ0) is 20.9.